The van der Waals surface area contributed by atoms with Crippen molar-refractivity contribution in [3.05, 3.63) is 0 Å². The average molecular weight is 251 g/mol. The van der Waals surface area contributed by atoms with Crippen LogP contribution in [0.4, 0.5) is 0 Å². The Kier molecular flexibility index (Phi) is 5.12. The Morgan fingerprint density at radius 1 is 0.833 bits per heavy atom. The zero-order chi connectivity index (χ0) is 13.0. The van der Waals surface area contributed by atoms with Gasteiger partial charge in [0.2, 0.25) is 0 Å². The molecule has 2 saturated carbocycles. The van der Waals surface area contributed by atoms with E-state index in [1.807, 2.05) is 0 Å². The summed E-state index contributed by atoms with van der Waals surface area (Å²) in [5.74, 6) is 3.05. The topological polar surface area (TPSA) is 12.0 Å². The van der Waals surface area contributed by atoms with Gasteiger partial charge in [-0.3, -0.25) is 0 Å². The molecule has 0 aliphatic heterocycles. The highest BCUT2D eigenvalue weighted by molar-refractivity contribution is 4.85. The van der Waals surface area contributed by atoms with Crippen LogP contribution in [0.25, 0.3) is 0 Å². The van der Waals surface area contributed by atoms with Crippen molar-refractivity contribution in [1.82, 2.24) is 5.32 Å². The zero-order valence-electron chi connectivity index (χ0n) is 12.8. The van der Waals surface area contributed by atoms with Gasteiger partial charge >= 0.3 is 0 Å². The van der Waals surface area contributed by atoms with E-state index < -0.39 is 0 Å². The van der Waals surface area contributed by atoms with Gasteiger partial charge in [-0.2, -0.15) is 0 Å². The van der Waals surface area contributed by atoms with Gasteiger partial charge in [0.15, 0.2) is 0 Å². The minimum atomic E-state index is 0.284. The van der Waals surface area contributed by atoms with Gasteiger partial charge in [-0.05, 0) is 57.9 Å². The van der Waals surface area contributed by atoms with Crippen molar-refractivity contribution >= 4 is 0 Å². The van der Waals surface area contributed by atoms with Crippen molar-refractivity contribution in [2.45, 2.75) is 84.1 Å². The maximum absolute atomic E-state index is 3.77. The predicted molar refractivity (Wildman–Crippen MR) is 79.8 cm³/mol. The molecule has 0 spiro atoms. The fraction of sp³-hybridized carbons (Fsp3) is 1.00. The first-order valence-electron chi connectivity index (χ1n) is 8.31. The van der Waals surface area contributed by atoms with E-state index in [1.165, 1.54) is 64.3 Å². The van der Waals surface area contributed by atoms with Crippen LogP contribution in [0.2, 0.25) is 0 Å². The highest BCUT2D eigenvalue weighted by Crippen LogP contribution is 2.41. The normalized spacial score (nSPS) is 31.5. The summed E-state index contributed by atoms with van der Waals surface area (Å²) in [6.45, 7) is 8.15. The van der Waals surface area contributed by atoms with Gasteiger partial charge in [-0.25, -0.2) is 0 Å². The molecule has 1 N–H and O–H groups in total. The molecular weight excluding hydrogens is 218 g/mol. The van der Waals surface area contributed by atoms with E-state index in [1.54, 1.807) is 0 Å². The molecule has 0 radical (unpaired) electrons. The largest absolute Gasteiger partial charge is 0.312 e. The molecule has 2 rings (SSSR count). The molecule has 0 amide bonds. The SMILES string of the molecule is CC(C)(C)NCC1CCCCCC1C1CCCC1. The molecule has 0 heterocycles. The van der Waals surface area contributed by atoms with Gasteiger partial charge < -0.3 is 5.32 Å². The summed E-state index contributed by atoms with van der Waals surface area (Å²) in [6, 6.07) is 0. The smallest absolute Gasteiger partial charge is 0.00966 e. The van der Waals surface area contributed by atoms with Gasteiger partial charge in [0.05, 0.1) is 0 Å². The lowest BCUT2D eigenvalue weighted by Crippen LogP contribution is -2.41. The molecule has 2 unspecified atom stereocenters. The lowest BCUT2D eigenvalue weighted by Gasteiger charge is -2.33. The van der Waals surface area contributed by atoms with Crippen LogP contribution in [0.3, 0.4) is 0 Å². The lowest BCUT2D eigenvalue weighted by molar-refractivity contribution is 0.197. The minimum Gasteiger partial charge on any atom is -0.312 e. The summed E-state index contributed by atoms with van der Waals surface area (Å²) in [4.78, 5) is 0. The second-order valence-electron chi connectivity index (χ2n) is 7.74. The summed E-state index contributed by atoms with van der Waals surface area (Å²) in [6.07, 6.45) is 13.5. The van der Waals surface area contributed by atoms with Crippen molar-refractivity contribution in [3.63, 3.8) is 0 Å². The van der Waals surface area contributed by atoms with E-state index >= 15 is 0 Å². The van der Waals surface area contributed by atoms with E-state index in [9.17, 15) is 0 Å². The number of hydrogen-bond acceptors (Lipinski definition) is 1. The third kappa shape index (κ3) is 4.26. The predicted octanol–water partition coefficient (Wildman–Crippen LogP) is 4.76. The van der Waals surface area contributed by atoms with Crippen molar-refractivity contribution in [3.8, 4) is 0 Å². The molecule has 0 bridgehead atoms. The van der Waals surface area contributed by atoms with E-state index in [4.69, 9.17) is 0 Å². The van der Waals surface area contributed by atoms with Crippen LogP contribution in [0.15, 0.2) is 0 Å². The van der Waals surface area contributed by atoms with Crippen LogP contribution in [0.1, 0.15) is 78.6 Å². The zero-order valence-corrected chi connectivity index (χ0v) is 12.8. The summed E-state index contributed by atoms with van der Waals surface area (Å²) in [5, 5.41) is 3.77. The van der Waals surface area contributed by atoms with Gasteiger partial charge in [0.25, 0.3) is 0 Å². The highest BCUT2D eigenvalue weighted by atomic mass is 14.9. The Morgan fingerprint density at radius 3 is 2.11 bits per heavy atom. The summed E-state index contributed by atoms with van der Waals surface area (Å²) in [7, 11) is 0. The van der Waals surface area contributed by atoms with Crippen molar-refractivity contribution < 1.29 is 0 Å². The fourth-order valence-electron chi connectivity index (χ4n) is 4.11. The molecule has 0 aromatic carbocycles. The molecule has 106 valence electrons. The Hall–Kier alpha value is -0.0400. The second-order valence-corrected chi connectivity index (χ2v) is 7.74. The summed E-state index contributed by atoms with van der Waals surface area (Å²) < 4.78 is 0. The Labute approximate surface area is 114 Å². The molecule has 0 aromatic rings. The number of nitrogens with one attached hydrogen (secondary N) is 1. The van der Waals surface area contributed by atoms with Crippen molar-refractivity contribution in [2.24, 2.45) is 17.8 Å². The molecule has 2 aliphatic rings. The minimum absolute atomic E-state index is 0.284. The Morgan fingerprint density at radius 2 is 1.44 bits per heavy atom. The lowest BCUT2D eigenvalue weighted by atomic mass is 9.77. The number of hydrogen-bond donors (Lipinski definition) is 1. The van der Waals surface area contributed by atoms with Crippen molar-refractivity contribution in [2.75, 3.05) is 6.54 Å². The van der Waals surface area contributed by atoms with Crippen LogP contribution in [0.5, 0.6) is 0 Å². The van der Waals surface area contributed by atoms with Gasteiger partial charge in [-0.1, -0.05) is 44.9 Å². The molecule has 2 aliphatic carbocycles. The number of rotatable bonds is 3. The van der Waals surface area contributed by atoms with Crippen LogP contribution >= 0.6 is 0 Å². The standard InChI is InChI=1S/C17H33N/c1-17(2,3)18-13-15-11-5-4-6-12-16(15)14-9-7-8-10-14/h14-16,18H,4-13H2,1-3H3. The third-order valence-corrected chi connectivity index (χ3v) is 5.12. The van der Waals surface area contributed by atoms with Crippen LogP contribution in [-0.4, -0.2) is 12.1 Å². The molecule has 2 fully saturated rings. The average Bonchev–Trinajstić information content (AvgIpc) is 2.71. The Balaban J connectivity index is 1.93. The molecular formula is C17H33N. The van der Waals surface area contributed by atoms with Crippen LogP contribution in [-0.2, 0) is 0 Å². The molecule has 2 atom stereocenters. The molecule has 0 saturated heterocycles. The van der Waals surface area contributed by atoms with Gasteiger partial charge in [0.1, 0.15) is 0 Å². The van der Waals surface area contributed by atoms with Gasteiger partial charge in [-0.15, -0.1) is 0 Å². The first-order chi connectivity index (χ1) is 8.56. The maximum Gasteiger partial charge on any atom is 0.00966 e. The van der Waals surface area contributed by atoms with Gasteiger partial charge in [0, 0.05) is 5.54 Å². The van der Waals surface area contributed by atoms with Crippen molar-refractivity contribution in [1.29, 1.82) is 0 Å². The first kappa shape index (κ1) is 14.4. The summed E-state index contributed by atoms with van der Waals surface area (Å²) in [5.41, 5.74) is 0.284. The molecule has 1 heteroatoms. The second kappa shape index (κ2) is 6.41. The van der Waals surface area contributed by atoms with E-state index in [2.05, 4.69) is 26.1 Å². The Bertz CT molecular complexity index is 234. The molecule has 0 aromatic heterocycles. The molecule has 18 heavy (non-hydrogen) atoms. The highest BCUT2D eigenvalue weighted by Gasteiger charge is 2.32. The van der Waals surface area contributed by atoms with Crippen LogP contribution < -0.4 is 5.32 Å². The monoisotopic (exact) mass is 251 g/mol. The quantitative estimate of drug-likeness (QED) is 0.713. The third-order valence-electron chi connectivity index (χ3n) is 5.12. The maximum atomic E-state index is 3.77. The van der Waals surface area contributed by atoms with E-state index in [0.29, 0.717) is 0 Å². The van der Waals surface area contributed by atoms with E-state index in [0.717, 1.165) is 17.8 Å². The fourth-order valence-corrected chi connectivity index (χ4v) is 4.11. The summed E-state index contributed by atoms with van der Waals surface area (Å²) >= 11 is 0. The first-order valence-corrected chi connectivity index (χ1v) is 8.31. The van der Waals surface area contributed by atoms with Crippen LogP contribution in [0, 0.1) is 17.8 Å². The molecule has 1 nitrogen and oxygen atoms in total. The van der Waals surface area contributed by atoms with E-state index in [-0.39, 0.29) is 5.54 Å².